The Kier molecular flexibility index (Phi) is 4.16. The maximum absolute atomic E-state index is 10.5. The molecule has 0 amide bonds. The first-order chi connectivity index (χ1) is 10.6. The zero-order valence-electron chi connectivity index (χ0n) is 13.1. The number of aromatic nitrogens is 2. The lowest BCUT2D eigenvalue weighted by Gasteiger charge is -2.06. The topological polar surface area (TPSA) is 28.0 Å². The van der Waals surface area contributed by atoms with Crippen molar-refractivity contribution in [1.29, 1.82) is 0 Å². The highest BCUT2D eigenvalue weighted by Crippen LogP contribution is 2.32. The number of nitrogens with zero attached hydrogens (tertiary/aromatic N) is 2. The SMILES string of the molecule is C[n+]1ccc(/C=C2\CC/C(=C\c3cc[n+](C)cc3)C2O)cc1. The van der Waals surface area contributed by atoms with Crippen LogP contribution in [0.3, 0.4) is 0 Å². The van der Waals surface area contributed by atoms with Gasteiger partial charge in [0.05, 0.1) is 6.10 Å². The van der Waals surface area contributed by atoms with Gasteiger partial charge in [0, 0.05) is 24.3 Å². The highest BCUT2D eigenvalue weighted by molar-refractivity contribution is 5.61. The van der Waals surface area contributed by atoms with Gasteiger partial charge in [0.25, 0.3) is 0 Å². The lowest BCUT2D eigenvalue weighted by atomic mass is 10.1. The van der Waals surface area contributed by atoms with E-state index >= 15 is 0 Å². The van der Waals surface area contributed by atoms with Crippen LogP contribution in [-0.2, 0) is 14.1 Å². The fourth-order valence-electron chi connectivity index (χ4n) is 2.75. The Morgan fingerprint density at radius 3 is 1.55 bits per heavy atom. The third-order valence-corrected chi connectivity index (χ3v) is 4.12. The highest BCUT2D eigenvalue weighted by Gasteiger charge is 2.23. The Morgan fingerprint density at radius 1 is 0.818 bits per heavy atom. The zero-order valence-corrected chi connectivity index (χ0v) is 13.1. The predicted octanol–water partition coefficient (Wildman–Crippen LogP) is 1.96. The third kappa shape index (κ3) is 3.31. The Bertz CT molecular complexity index is 649. The van der Waals surface area contributed by atoms with Crippen molar-refractivity contribution < 1.29 is 14.2 Å². The lowest BCUT2D eigenvalue weighted by molar-refractivity contribution is -0.671. The summed E-state index contributed by atoms with van der Waals surface area (Å²) in [5, 5.41) is 10.5. The summed E-state index contributed by atoms with van der Waals surface area (Å²) >= 11 is 0. The van der Waals surface area contributed by atoms with Gasteiger partial charge < -0.3 is 5.11 Å². The molecule has 0 spiro atoms. The molecule has 1 aliphatic carbocycles. The van der Waals surface area contributed by atoms with Gasteiger partial charge in [0.2, 0.25) is 0 Å². The highest BCUT2D eigenvalue weighted by atomic mass is 16.3. The molecule has 0 aromatic carbocycles. The van der Waals surface area contributed by atoms with Crippen LogP contribution in [0.5, 0.6) is 0 Å². The Balaban J connectivity index is 1.81. The van der Waals surface area contributed by atoms with Crippen molar-refractivity contribution in [2.75, 3.05) is 0 Å². The summed E-state index contributed by atoms with van der Waals surface area (Å²) in [6.07, 6.45) is 13.7. The molecule has 0 unspecified atom stereocenters. The summed E-state index contributed by atoms with van der Waals surface area (Å²) < 4.78 is 4.02. The Hall–Kier alpha value is -2.26. The largest absolute Gasteiger partial charge is 0.384 e. The van der Waals surface area contributed by atoms with Crippen molar-refractivity contribution in [2.45, 2.75) is 18.9 Å². The summed E-state index contributed by atoms with van der Waals surface area (Å²) in [7, 11) is 4.00. The van der Waals surface area contributed by atoms with Crippen molar-refractivity contribution in [3.63, 3.8) is 0 Å². The van der Waals surface area contributed by atoms with Crippen LogP contribution in [0.15, 0.2) is 60.2 Å². The molecule has 1 N–H and O–H groups in total. The first-order valence-electron chi connectivity index (χ1n) is 7.61. The van der Waals surface area contributed by atoms with Gasteiger partial charge in [0.1, 0.15) is 14.1 Å². The summed E-state index contributed by atoms with van der Waals surface area (Å²) in [5.74, 6) is 0. The molecule has 0 atom stereocenters. The molecule has 0 saturated heterocycles. The van der Waals surface area contributed by atoms with Gasteiger partial charge in [-0.1, -0.05) is 12.2 Å². The first-order valence-corrected chi connectivity index (χ1v) is 7.61. The van der Waals surface area contributed by atoms with E-state index in [2.05, 4.69) is 36.4 Å². The van der Waals surface area contributed by atoms with Gasteiger partial charge in [-0.3, -0.25) is 0 Å². The van der Waals surface area contributed by atoms with E-state index in [4.69, 9.17) is 0 Å². The smallest absolute Gasteiger partial charge is 0.169 e. The number of pyridine rings is 2. The van der Waals surface area contributed by atoms with Crippen molar-refractivity contribution in [1.82, 2.24) is 0 Å². The average molecular weight is 294 g/mol. The summed E-state index contributed by atoms with van der Waals surface area (Å²) in [6.45, 7) is 0. The molecule has 22 heavy (non-hydrogen) atoms. The molecule has 1 saturated carbocycles. The third-order valence-electron chi connectivity index (χ3n) is 4.12. The molecule has 3 nitrogen and oxygen atoms in total. The van der Waals surface area contributed by atoms with Gasteiger partial charge in [0.15, 0.2) is 24.8 Å². The number of aliphatic hydroxyl groups is 1. The minimum absolute atomic E-state index is 0.456. The van der Waals surface area contributed by atoms with E-state index in [1.165, 1.54) is 0 Å². The molecule has 0 bridgehead atoms. The molecule has 1 fully saturated rings. The fourth-order valence-corrected chi connectivity index (χ4v) is 2.75. The minimum Gasteiger partial charge on any atom is -0.384 e. The quantitative estimate of drug-likeness (QED) is 0.843. The number of aliphatic hydroxyl groups excluding tert-OH is 1. The van der Waals surface area contributed by atoms with Gasteiger partial charge in [-0.2, -0.15) is 0 Å². The predicted molar refractivity (Wildman–Crippen MR) is 86.4 cm³/mol. The van der Waals surface area contributed by atoms with Crippen molar-refractivity contribution in [3.05, 3.63) is 71.3 Å². The standard InChI is InChI=1S/C19H22N2O/c1-20-9-5-15(6-10-20)13-17-3-4-18(19(17)22)14-16-7-11-21(2)12-8-16/h5-14,19,22H,3-4H2,1-2H3/q+2/b17-13+,18-14+. The fraction of sp³-hybridized carbons (Fsp3) is 0.263. The molecule has 2 aromatic rings. The number of aryl methyl sites for hydroxylation is 2. The molecule has 3 heteroatoms. The summed E-state index contributed by atoms with van der Waals surface area (Å²) in [5.41, 5.74) is 4.48. The molecule has 3 rings (SSSR count). The molecule has 2 heterocycles. The molecule has 0 aliphatic heterocycles. The van der Waals surface area contributed by atoms with Crippen LogP contribution in [0.1, 0.15) is 24.0 Å². The van der Waals surface area contributed by atoms with Crippen LogP contribution >= 0.6 is 0 Å². The van der Waals surface area contributed by atoms with Crippen LogP contribution in [0, 0.1) is 0 Å². The van der Waals surface area contributed by atoms with E-state index in [-0.39, 0.29) is 0 Å². The molecular weight excluding hydrogens is 272 g/mol. The van der Waals surface area contributed by atoms with Crippen LogP contribution in [0.4, 0.5) is 0 Å². The van der Waals surface area contributed by atoms with E-state index in [1.54, 1.807) is 0 Å². The molecule has 1 aliphatic rings. The maximum Gasteiger partial charge on any atom is 0.169 e. The first kappa shape index (κ1) is 14.7. The second-order valence-corrected chi connectivity index (χ2v) is 5.93. The second kappa shape index (κ2) is 6.24. The van der Waals surface area contributed by atoms with E-state index in [0.29, 0.717) is 0 Å². The normalized spacial score (nSPS) is 19.2. The molecule has 2 aromatic heterocycles. The van der Waals surface area contributed by atoms with E-state index < -0.39 is 6.10 Å². The molecule has 0 radical (unpaired) electrons. The Morgan fingerprint density at radius 2 is 1.18 bits per heavy atom. The second-order valence-electron chi connectivity index (χ2n) is 5.93. The van der Waals surface area contributed by atoms with Crippen LogP contribution in [0.2, 0.25) is 0 Å². The monoisotopic (exact) mass is 294 g/mol. The molecular formula is C19H22N2O+2. The van der Waals surface area contributed by atoms with Gasteiger partial charge in [-0.15, -0.1) is 0 Å². The van der Waals surface area contributed by atoms with Crippen molar-refractivity contribution in [2.24, 2.45) is 14.1 Å². The average Bonchev–Trinajstić information content (AvgIpc) is 2.85. The Labute approximate surface area is 131 Å². The van der Waals surface area contributed by atoms with Crippen LogP contribution in [0.25, 0.3) is 12.2 Å². The number of hydrogen-bond donors (Lipinski definition) is 1. The summed E-state index contributed by atoms with van der Waals surface area (Å²) in [4.78, 5) is 0. The molecule has 112 valence electrons. The van der Waals surface area contributed by atoms with Crippen LogP contribution < -0.4 is 9.13 Å². The number of rotatable bonds is 2. The van der Waals surface area contributed by atoms with E-state index in [9.17, 15) is 5.11 Å². The van der Waals surface area contributed by atoms with Crippen molar-refractivity contribution >= 4 is 12.2 Å². The zero-order chi connectivity index (χ0) is 15.5. The van der Waals surface area contributed by atoms with E-state index in [1.807, 2.05) is 48.0 Å². The van der Waals surface area contributed by atoms with Gasteiger partial charge in [-0.25, -0.2) is 9.13 Å². The number of hydrogen-bond acceptors (Lipinski definition) is 1. The van der Waals surface area contributed by atoms with E-state index in [0.717, 1.165) is 35.1 Å². The van der Waals surface area contributed by atoms with Gasteiger partial charge in [-0.05, 0) is 35.1 Å². The van der Waals surface area contributed by atoms with Crippen LogP contribution in [-0.4, -0.2) is 11.2 Å². The lowest BCUT2D eigenvalue weighted by Crippen LogP contribution is -2.25. The maximum atomic E-state index is 10.5. The van der Waals surface area contributed by atoms with Gasteiger partial charge >= 0.3 is 0 Å². The van der Waals surface area contributed by atoms with Crippen molar-refractivity contribution in [3.8, 4) is 0 Å². The minimum atomic E-state index is -0.456. The summed E-state index contributed by atoms with van der Waals surface area (Å²) in [6, 6.07) is 8.27.